The third kappa shape index (κ3) is 5.70. The van der Waals surface area contributed by atoms with E-state index in [0.717, 1.165) is 17.5 Å². The first-order valence-corrected chi connectivity index (χ1v) is 12.0. The number of nitrogens with one attached hydrogen (secondary N) is 1. The van der Waals surface area contributed by atoms with E-state index in [9.17, 15) is 9.59 Å². The fraction of sp³-hybridized carbons (Fsp3) is 0.0968. The first-order chi connectivity index (χ1) is 18.1. The first-order valence-electron chi connectivity index (χ1n) is 12.0. The van der Waals surface area contributed by atoms with E-state index in [-0.39, 0.29) is 23.7 Å². The van der Waals surface area contributed by atoms with E-state index in [1.165, 1.54) is 11.8 Å². The summed E-state index contributed by atoms with van der Waals surface area (Å²) in [5, 5.41) is 3.15. The van der Waals surface area contributed by atoms with Crippen molar-refractivity contribution in [1.29, 1.82) is 0 Å². The van der Waals surface area contributed by atoms with Gasteiger partial charge in [-0.05, 0) is 59.5 Å². The number of ether oxygens (including phenoxy) is 2. The number of rotatable bonds is 8. The Morgan fingerprint density at radius 3 is 2.27 bits per heavy atom. The molecule has 0 aliphatic carbocycles. The SMILES string of the molecule is CCc1ccc(NC(=O)COc2ccc3c(=O)c(Oc4ccc(-c5ccccc5)cc4)coc3c2)cc1. The van der Waals surface area contributed by atoms with E-state index in [1.807, 2.05) is 78.9 Å². The minimum Gasteiger partial charge on any atom is -0.484 e. The molecule has 0 atom stereocenters. The number of fused-ring (bicyclic) bond motifs is 1. The van der Waals surface area contributed by atoms with Crippen molar-refractivity contribution in [2.75, 3.05) is 11.9 Å². The van der Waals surface area contributed by atoms with Crippen molar-refractivity contribution >= 4 is 22.6 Å². The maximum atomic E-state index is 13.0. The normalized spacial score (nSPS) is 10.7. The third-order valence-electron chi connectivity index (χ3n) is 5.92. The summed E-state index contributed by atoms with van der Waals surface area (Å²) in [6.07, 6.45) is 2.22. The zero-order valence-corrected chi connectivity index (χ0v) is 20.3. The standard InChI is InChI=1S/C31H25NO5/c1-2-21-8-12-24(13-9-21)32-30(33)20-35-26-16-17-27-28(18-26)36-19-29(31(27)34)37-25-14-10-23(11-15-25)22-6-4-3-5-7-22/h3-19H,2,20H2,1H3,(H,32,33). The Hall–Kier alpha value is -4.84. The summed E-state index contributed by atoms with van der Waals surface area (Å²) < 4.78 is 17.0. The summed E-state index contributed by atoms with van der Waals surface area (Å²) in [6.45, 7) is 1.90. The highest BCUT2D eigenvalue weighted by Crippen LogP contribution is 2.26. The average Bonchev–Trinajstić information content (AvgIpc) is 2.95. The minimum atomic E-state index is -0.298. The predicted molar refractivity (Wildman–Crippen MR) is 144 cm³/mol. The summed E-state index contributed by atoms with van der Waals surface area (Å²) in [5.41, 5.74) is 4.09. The Labute approximate surface area is 214 Å². The predicted octanol–water partition coefficient (Wildman–Crippen LogP) is 6.83. The van der Waals surface area contributed by atoms with Gasteiger partial charge < -0.3 is 19.2 Å². The van der Waals surface area contributed by atoms with Crippen molar-refractivity contribution in [1.82, 2.24) is 0 Å². The molecule has 184 valence electrons. The Bertz CT molecular complexity index is 1570. The molecule has 1 heterocycles. The number of benzene rings is 4. The van der Waals surface area contributed by atoms with E-state index >= 15 is 0 Å². The quantitative estimate of drug-likeness (QED) is 0.257. The summed E-state index contributed by atoms with van der Waals surface area (Å²) in [4.78, 5) is 25.2. The molecule has 0 saturated heterocycles. The Morgan fingerprint density at radius 1 is 0.838 bits per heavy atom. The van der Waals surface area contributed by atoms with Crippen molar-refractivity contribution in [2.45, 2.75) is 13.3 Å². The maximum absolute atomic E-state index is 13.0. The van der Waals surface area contributed by atoms with Crippen LogP contribution in [-0.4, -0.2) is 12.5 Å². The molecule has 1 aromatic heterocycles. The van der Waals surface area contributed by atoms with E-state index in [4.69, 9.17) is 13.9 Å². The van der Waals surface area contributed by atoms with Crippen molar-refractivity contribution in [2.24, 2.45) is 0 Å². The molecule has 0 fully saturated rings. The largest absolute Gasteiger partial charge is 0.484 e. The number of hydrogen-bond donors (Lipinski definition) is 1. The number of hydrogen-bond acceptors (Lipinski definition) is 5. The van der Waals surface area contributed by atoms with Crippen LogP contribution in [-0.2, 0) is 11.2 Å². The van der Waals surface area contributed by atoms with Gasteiger partial charge in [0.2, 0.25) is 11.2 Å². The minimum absolute atomic E-state index is 0.0853. The topological polar surface area (TPSA) is 77.8 Å². The van der Waals surface area contributed by atoms with E-state index < -0.39 is 0 Å². The van der Waals surface area contributed by atoms with Crippen molar-refractivity contribution in [3.05, 3.63) is 119 Å². The molecule has 1 amide bonds. The summed E-state index contributed by atoms with van der Waals surface area (Å²) >= 11 is 0. The lowest BCUT2D eigenvalue weighted by Gasteiger charge is -2.09. The zero-order valence-electron chi connectivity index (χ0n) is 20.3. The highest BCUT2D eigenvalue weighted by molar-refractivity contribution is 5.92. The molecule has 37 heavy (non-hydrogen) atoms. The zero-order chi connectivity index (χ0) is 25.6. The van der Waals surface area contributed by atoms with E-state index in [0.29, 0.717) is 28.2 Å². The lowest BCUT2D eigenvalue weighted by molar-refractivity contribution is -0.118. The van der Waals surface area contributed by atoms with Gasteiger partial charge in [0.25, 0.3) is 5.91 Å². The number of amides is 1. The number of carbonyl (C=O) groups is 1. The molecule has 0 spiro atoms. The molecule has 0 aliphatic heterocycles. The molecule has 0 radical (unpaired) electrons. The highest BCUT2D eigenvalue weighted by Gasteiger charge is 2.12. The van der Waals surface area contributed by atoms with Gasteiger partial charge in [-0.3, -0.25) is 9.59 Å². The molecule has 6 heteroatoms. The van der Waals surface area contributed by atoms with E-state index in [1.54, 1.807) is 18.2 Å². The van der Waals surface area contributed by atoms with Crippen LogP contribution in [0.1, 0.15) is 12.5 Å². The molecule has 0 aliphatic rings. The Kier molecular flexibility index (Phi) is 6.99. The van der Waals surface area contributed by atoms with Gasteiger partial charge in [0, 0.05) is 11.8 Å². The summed E-state index contributed by atoms with van der Waals surface area (Å²) in [6, 6.07) is 30.0. The smallest absolute Gasteiger partial charge is 0.262 e. The van der Waals surface area contributed by atoms with Gasteiger partial charge in [-0.15, -0.1) is 0 Å². The molecule has 5 rings (SSSR count). The van der Waals surface area contributed by atoms with Crippen molar-refractivity contribution in [3.8, 4) is 28.4 Å². The highest BCUT2D eigenvalue weighted by atomic mass is 16.5. The first kappa shape index (κ1) is 23.9. The lowest BCUT2D eigenvalue weighted by Crippen LogP contribution is -2.20. The second-order valence-electron chi connectivity index (χ2n) is 8.47. The number of aryl methyl sites for hydroxylation is 1. The van der Waals surface area contributed by atoms with Crippen molar-refractivity contribution < 1.29 is 18.7 Å². The van der Waals surface area contributed by atoms with Crippen LogP contribution in [0.4, 0.5) is 5.69 Å². The molecule has 4 aromatic carbocycles. The van der Waals surface area contributed by atoms with Crippen LogP contribution >= 0.6 is 0 Å². The molecule has 5 aromatic rings. The van der Waals surface area contributed by atoms with Gasteiger partial charge in [-0.25, -0.2) is 0 Å². The summed E-state index contributed by atoms with van der Waals surface area (Å²) in [7, 11) is 0. The molecule has 0 unspecified atom stereocenters. The van der Waals surface area contributed by atoms with Crippen molar-refractivity contribution in [3.63, 3.8) is 0 Å². The monoisotopic (exact) mass is 491 g/mol. The second-order valence-corrected chi connectivity index (χ2v) is 8.47. The van der Waals surface area contributed by atoms with Gasteiger partial charge in [0.15, 0.2) is 6.61 Å². The Balaban J connectivity index is 1.24. The van der Waals surface area contributed by atoms with Crippen LogP contribution in [0.3, 0.4) is 0 Å². The molecule has 0 saturated carbocycles. The van der Waals surface area contributed by atoms with Crippen LogP contribution in [0, 0.1) is 0 Å². The van der Waals surface area contributed by atoms with Gasteiger partial charge in [0.1, 0.15) is 23.3 Å². The molecule has 6 nitrogen and oxygen atoms in total. The van der Waals surface area contributed by atoms with Gasteiger partial charge in [-0.2, -0.15) is 0 Å². The van der Waals surface area contributed by atoms with Crippen LogP contribution in [0.2, 0.25) is 0 Å². The van der Waals surface area contributed by atoms with E-state index in [2.05, 4.69) is 12.2 Å². The fourth-order valence-electron chi connectivity index (χ4n) is 3.89. The van der Waals surface area contributed by atoms with Crippen LogP contribution in [0.5, 0.6) is 17.2 Å². The van der Waals surface area contributed by atoms with Crippen LogP contribution in [0.25, 0.3) is 22.1 Å². The third-order valence-corrected chi connectivity index (χ3v) is 5.92. The van der Waals surface area contributed by atoms with Gasteiger partial charge in [0.05, 0.1) is 5.39 Å². The fourth-order valence-corrected chi connectivity index (χ4v) is 3.89. The maximum Gasteiger partial charge on any atom is 0.262 e. The summed E-state index contributed by atoms with van der Waals surface area (Å²) in [5.74, 6) is 0.744. The van der Waals surface area contributed by atoms with Crippen LogP contribution in [0.15, 0.2) is 113 Å². The van der Waals surface area contributed by atoms with Gasteiger partial charge in [-0.1, -0.05) is 61.5 Å². The number of carbonyl (C=O) groups excluding carboxylic acids is 1. The van der Waals surface area contributed by atoms with Gasteiger partial charge >= 0.3 is 0 Å². The molecular weight excluding hydrogens is 466 g/mol. The Morgan fingerprint density at radius 2 is 1.54 bits per heavy atom. The average molecular weight is 492 g/mol. The van der Waals surface area contributed by atoms with Crippen LogP contribution < -0.4 is 20.2 Å². The molecular formula is C31H25NO5. The number of anilines is 1. The lowest BCUT2D eigenvalue weighted by atomic mass is 10.1. The molecule has 0 bridgehead atoms. The molecule has 1 N–H and O–H groups in total. The second kappa shape index (κ2) is 10.8.